The van der Waals surface area contributed by atoms with Gasteiger partial charge in [-0.3, -0.25) is 0 Å². The highest BCUT2D eigenvalue weighted by Crippen LogP contribution is 2.35. The fourth-order valence-electron chi connectivity index (χ4n) is 1.86. The Balaban J connectivity index is 2.42. The molecule has 1 aromatic carbocycles. The van der Waals surface area contributed by atoms with E-state index in [1.165, 1.54) is 16.9 Å². The third-order valence-electron chi connectivity index (χ3n) is 2.79. The zero-order valence-corrected chi connectivity index (χ0v) is 13.0. The Morgan fingerprint density at radius 2 is 1.80 bits per heavy atom. The van der Waals surface area contributed by atoms with Crippen LogP contribution in [0.4, 0.5) is 5.00 Å². The third-order valence-corrected chi connectivity index (χ3v) is 3.60. The summed E-state index contributed by atoms with van der Waals surface area (Å²) in [4.78, 5) is 12.3. The van der Waals surface area contributed by atoms with E-state index in [2.05, 4.69) is 0 Å². The normalized spacial score (nSPS) is 11.4. The highest BCUT2D eigenvalue weighted by atomic mass is 32.1. The molecule has 0 atom stereocenters. The molecular weight excluding hydrogens is 270 g/mol. The van der Waals surface area contributed by atoms with Gasteiger partial charge in [-0.25, -0.2) is 4.79 Å². The molecule has 3 nitrogen and oxygen atoms in total. The minimum Gasteiger partial charge on any atom is -0.456 e. The minimum absolute atomic E-state index is 0.369. The molecule has 0 amide bonds. The number of anilines is 1. The highest BCUT2D eigenvalue weighted by Gasteiger charge is 2.24. The van der Waals surface area contributed by atoms with Gasteiger partial charge in [-0.05, 0) is 33.3 Å². The Hall–Kier alpha value is -1.81. The van der Waals surface area contributed by atoms with Crippen molar-refractivity contribution in [3.05, 3.63) is 40.8 Å². The lowest BCUT2D eigenvalue weighted by Gasteiger charge is -2.20. The Morgan fingerprint density at radius 3 is 2.35 bits per heavy atom. The Kier molecular flexibility index (Phi) is 3.86. The van der Waals surface area contributed by atoms with Crippen LogP contribution < -0.4 is 5.73 Å². The third kappa shape index (κ3) is 3.20. The second kappa shape index (κ2) is 5.29. The molecule has 0 unspecified atom stereocenters. The van der Waals surface area contributed by atoms with Gasteiger partial charge in [-0.2, -0.15) is 0 Å². The highest BCUT2D eigenvalue weighted by molar-refractivity contribution is 7.14. The number of ether oxygens (including phenoxy) is 1. The number of benzene rings is 1. The lowest BCUT2D eigenvalue weighted by atomic mass is 10.0. The van der Waals surface area contributed by atoms with E-state index in [0.29, 0.717) is 10.6 Å². The molecule has 2 rings (SSSR count). The van der Waals surface area contributed by atoms with Gasteiger partial charge >= 0.3 is 5.97 Å². The second-order valence-electron chi connectivity index (χ2n) is 5.76. The summed E-state index contributed by atoms with van der Waals surface area (Å²) >= 11 is 1.36. The zero-order chi connectivity index (χ0) is 14.9. The van der Waals surface area contributed by atoms with Crippen LogP contribution in [0, 0.1) is 6.92 Å². The van der Waals surface area contributed by atoms with Gasteiger partial charge in [0.25, 0.3) is 0 Å². The summed E-state index contributed by atoms with van der Waals surface area (Å²) in [5.41, 5.74) is 8.87. The number of rotatable bonds is 2. The van der Waals surface area contributed by atoms with Gasteiger partial charge in [-0.15, -0.1) is 11.3 Å². The van der Waals surface area contributed by atoms with Gasteiger partial charge in [0.15, 0.2) is 0 Å². The van der Waals surface area contributed by atoms with E-state index in [-0.39, 0.29) is 5.97 Å². The molecular formula is C16H19NO2S. The SMILES string of the molecule is Cc1ccc(-c2csc(N)c2C(=O)OC(C)(C)C)cc1. The molecule has 0 aliphatic carbocycles. The van der Waals surface area contributed by atoms with Crippen LogP contribution >= 0.6 is 11.3 Å². The van der Waals surface area contributed by atoms with Crippen LogP contribution in [0.15, 0.2) is 29.6 Å². The fourth-order valence-corrected chi connectivity index (χ4v) is 2.67. The largest absolute Gasteiger partial charge is 0.456 e. The molecule has 0 aliphatic rings. The fraction of sp³-hybridized carbons (Fsp3) is 0.312. The number of hydrogen-bond donors (Lipinski definition) is 1. The van der Waals surface area contributed by atoms with Gasteiger partial charge in [0.2, 0.25) is 0 Å². The summed E-state index contributed by atoms with van der Waals surface area (Å²) in [6, 6.07) is 8.01. The number of carbonyl (C=O) groups is 1. The van der Waals surface area contributed by atoms with Gasteiger partial charge in [0.05, 0.1) is 0 Å². The van der Waals surface area contributed by atoms with Crippen molar-refractivity contribution in [3.63, 3.8) is 0 Å². The smallest absolute Gasteiger partial charge is 0.342 e. The average molecular weight is 289 g/mol. The summed E-state index contributed by atoms with van der Waals surface area (Å²) in [5.74, 6) is -0.369. The van der Waals surface area contributed by atoms with E-state index < -0.39 is 5.60 Å². The average Bonchev–Trinajstić information content (AvgIpc) is 2.70. The summed E-state index contributed by atoms with van der Waals surface area (Å²) < 4.78 is 5.44. The van der Waals surface area contributed by atoms with Gasteiger partial charge < -0.3 is 10.5 Å². The zero-order valence-electron chi connectivity index (χ0n) is 12.2. The van der Waals surface area contributed by atoms with Crippen molar-refractivity contribution < 1.29 is 9.53 Å². The van der Waals surface area contributed by atoms with E-state index in [4.69, 9.17) is 10.5 Å². The molecule has 0 radical (unpaired) electrons. The Labute approximate surface area is 123 Å². The van der Waals surface area contributed by atoms with Crippen molar-refractivity contribution in [3.8, 4) is 11.1 Å². The first-order valence-corrected chi connectivity index (χ1v) is 7.33. The molecule has 0 saturated heterocycles. The van der Waals surface area contributed by atoms with Crippen molar-refractivity contribution in [2.75, 3.05) is 5.73 Å². The van der Waals surface area contributed by atoms with E-state index in [9.17, 15) is 4.79 Å². The minimum atomic E-state index is -0.532. The first-order valence-electron chi connectivity index (χ1n) is 6.45. The number of aryl methyl sites for hydroxylation is 1. The monoisotopic (exact) mass is 289 g/mol. The quantitative estimate of drug-likeness (QED) is 0.840. The number of nitrogen functional groups attached to an aromatic ring is 1. The van der Waals surface area contributed by atoms with E-state index in [0.717, 1.165) is 11.1 Å². The molecule has 20 heavy (non-hydrogen) atoms. The lowest BCUT2D eigenvalue weighted by Crippen LogP contribution is -2.24. The van der Waals surface area contributed by atoms with Gasteiger partial charge in [0.1, 0.15) is 16.2 Å². The molecule has 1 aromatic heterocycles. The summed E-state index contributed by atoms with van der Waals surface area (Å²) in [7, 11) is 0. The standard InChI is InChI=1S/C16H19NO2S/c1-10-5-7-11(8-6-10)12-9-20-14(17)13(12)15(18)19-16(2,3)4/h5-9H,17H2,1-4H3. The molecule has 0 bridgehead atoms. The first-order chi connectivity index (χ1) is 9.28. The predicted octanol–water partition coefficient (Wildman–Crippen LogP) is 4.26. The Morgan fingerprint density at radius 1 is 1.20 bits per heavy atom. The van der Waals surface area contributed by atoms with Crippen molar-refractivity contribution in [2.24, 2.45) is 0 Å². The molecule has 1 heterocycles. The maximum Gasteiger partial charge on any atom is 0.342 e. The summed E-state index contributed by atoms with van der Waals surface area (Å²) in [6.45, 7) is 7.57. The number of nitrogens with two attached hydrogens (primary N) is 1. The number of esters is 1. The number of carbonyl (C=O) groups excluding carboxylic acids is 1. The number of hydrogen-bond acceptors (Lipinski definition) is 4. The van der Waals surface area contributed by atoms with Gasteiger partial charge in [-0.1, -0.05) is 29.8 Å². The van der Waals surface area contributed by atoms with Crippen LogP contribution in [0.25, 0.3) is 11.1 Å². The molecule has 0 saturated carbocycles. The molecule has 0 spiro atoms. The molecule has 2 N–H and O–H groups in total. The first kappa shape index (κ1) is 14.6. The van der Waals surface area contributed by atoms with Crippen LogP contribution in [-0.2, 0) is 4.74 Å². The molecule has 2 aromatic rings. The molecule has 106 valence electrons. The maximum absolute atomic E-state index is 12.3. The molecule has 0 aliphatic heterocycles. The summed E-state index contributed by atoms with van der Waals surface area (Å²) in [6.07, 6.45) is 0. The van der Waals surface area contributed by atoms with Crippen LogP contribution in [-0.4, -0.2) is 11.6 Å². The Bertz CT molecular complexity index is 621. The van der Waals surface area contributed by atoms with E-state index >= 15 is 0 Å². The summed E-state index contributed by atoms with van der Waals surface area (Å²) in [5, 5.41) is 2.40. The van der Waals surface area contributed by atoms with Crippen molar-refractivity contribution in [1.82, 2.24) is 0 Å². The van der Waals surface area contributed by atoms with Crippen LogP contribution in [0.2, 0.25) is 0 Å². The van der Waals surface area contributed by atoms with E-state index in [1.807, 2.05) is 57.3 Å². The second-order valence-corrected chi connectivity index (χ2v) is 6.67. The van der Waals surface area contributed by atoms with Crippen molar-refractivity contribution in [2.45, 2.75) is 33.3 Å². The number of thiophene rings is 1. The molecule has 4 heteroatoms. The molecule has 0 fully saturated rings. The van der Waals surface area contributed by atoms with Crippen LogP contribution in [0.1, 0.15) is 36.7 Å². The van der Waals surface area contributed by atoms with Crippen LogP contribution in [0.5, 0.6) is 0 Å². The van der Waals surface area contributed by atoms with E-state index in [1.54, 1.807) is 0 Å². The van der Waals surface area contributed by atoms with Crippen LogP contribution in [0.3, 0.4) is 0 Å². The lowest BCUT2D eigenvalue weighted by molar-refractivity contribution is 0.00722. The maximum atomic E-state index is 12.3. The predicted molar refractivity (Wildman–Crippen MR) is 84.1 cm³/mol. The topological polar surface area (TPSA) is 52.3 Å². The van der Waals surface area contributed by atoms with Crippen molar-refractivity contribution in [1.29, 1.82) is 0 Å². The van der Waals surface area contributed by atoms with Crippen molar-refractivity contribution >= 4 is 22.3 Å². The van der Waals surface area contributed by atoms with Gasteiger partial charge in [0, 0.05) is 10.9 Å².